The Morgan fingerprint density at radius 1 is 1.10 bits per heavy atom. The molecule has 3 fully saturated rings. The summed E-state index contributed by atoms with van der Waals surface area (Å²) in [7, 11) is 0. The largest absolute Gasteiger partial charge is 0.477 e. The van der Waals surface area contributed by atoms with Crippen molar-refractivity contribution < 1.29 is 37.9 Å². The molecule has 2 aromatic carbocycles. The first-order valence-electron chi connectivity index (χ1n) is 13.5. The number of piperazine rings is 1. The van der Waals surface area contributed by atoms with Crippen molar-refractivity contribution in [2.24, 2.45) is 0 Å². The number of hydrogen-bond donors (Lipinski definition) is 2. The summed E-state index contributed by atoms with van der Waals surface area (Å²) >= 11 is 6.32. The Bertz CT molecular complexity index is 1420. The van der Waals surface area contributed by atoms with E-state index in [0.29, 0.717) is 48.4 Å². The third-order valence-corrected chi connectivity index (χ3v) is 9.12. The number of quaternary nitrogens is 1. The van der Waals surface area contributed by atoms with Crippen LogP contribution >= 0.6 is 24.0 Å². The van der Waals surface area contributed by atoms with Gasteiger partial charge in [0.15, 0.2) is 13.1 Å². The molecule has 2 amide bonds. The third kappa shape index (κ3) is 6.50. The van der Waals surface area contributed by atoms with Gasteiger partial charge in [-0.05, 0) is 42.5 Å². The first kappa shape index (κ1) is 29.7. The Labute approximate surface area is 251 Å². The second kappa shape index (κ2) is 12.2. The predicted molar refractivity (Wildman–Crippen MR) is 160 cm³/mol. The summed E-state index contributed by atoms with van der Waals surface area (Å²) in [4.78, 5) is 52.5. The smallest absolute Gasteiger partial charge is 0.414 e. The lowest BCUT2D eigenvalue weighted by atomic mass is 10.1. The molecule has 0 aliphatic carbocycles. The van der Waals surface area contributed by atoms with Crippen molar-refractivity contribution in [2.75, 3.05) is 67.1 Å². The Hall–Kier alpha value is -3.75. The minimum absolute atomic E-state index is 0.0624. The van der Waals surface area contributed by atoms with E-state index in [1.54, 1.807) is 12.1 Å². The fraction of sp³-hybridized carbons (Fsp3) is 0.393. The number of nitrogens with zero attached hydrogens (tertiary/aromatic N) is 4. The van der Waals surface area contributed by atoms with E-state index < -0.39 is 24.0 Å². The van der Waals surface area contributed by atoms with Crippen molar-refractivity contribution in [2.45, 2.75) is 19.6 Å². The van der Waals surface area contributed by atoms with E-state index in [0.717, 1.165) is 23.0 Å². The summed E-state index contributed by atoms with van der Waals surface area (Å²) in [5.74, 6) is -1.65. The molecule has 0 spiro atoms. The molecule has 42 heavy (non-hydrogen) atoms. The number of nitrogens with one attached hydrogen (secondary N) is 1. The maximum atomic E-state index is 15.2. The molecule has 5 rings (SSSR count). The number of thioether (sulfide) groups is 1. The van der Waals surface area contributed by atoms with E-state index in [1.165, 1.54) is 17.9 Å². The van der Waals surface area contributed by atoms with Gasteiger partial charge < -0.3 is 25.0 Å². The molecule has 222 valence electrons. The van der Waals surface area contributed by atoms with Crippen LogP contribution in [0, 0.1) is 5.82 Å². The van der Waals surface area contributed by atoms with Crippen LogP contribution in [0.5, 0.6) is 0 Å². The van der Waals surface area contributed by atoms with Crippen molar-refractivity contribution in [1.82, 2.24) is 5.32 Å². The quantitative estimate of drug-likeness (QED) is 0.322. The van der Waals surface area contributed by atoms with Crippen LogP contribution in [0.4, 0.5) is 26.2 Å². The molecule has 2 unspecified atom stereocenters. The van der Waals surface area contributed by atoms with E-state index >= 15 is 4.39 Å². The zero-order valence-corrected chi connectivity index (χ0v) is 24.6. The molecule has 0 saturated carbocycles. The average Bonchev–Trinajstić information content (AvgIpc) is 3.44. The van der Waals surface area contributed by atoms with Gasteiger partial charge in [-0.25, -0.2) is 14.0 Å². The van der Waals surface area contributed by atoms with Crippen LogP contribution in [0.15, 0.2) is 42.5 Å². The molecule has 11 nitrogen and oxygen atoms in total. The van der Waals surface area contributed by atoms with Gasteiger partial charge in [-0.2, -0.15) is 0 Å². The number of hydrogen-bond acceptors (Lipinski definition) is 9. The van der Waals surface area contributed by atoms with Crippen molar-refractivity contribution in [3.63, 3.8) is 0 Å². The molecule has 3 aliphatic rings. The highest BCUT2D eigenvalue weighted by Gasteiger charge is 2.46. The zero-order valence-electron chi connectivity index (χ0n) is 23.0. The molecule has 3 saturated heterocycles. The molecule has 3 heterocycles. The van der Waals surface area contributed by atoms with Gasteiger partial charge in [0, 0.05) is 56.1 Å². The fourth-order valence-corrected chi connectivity index (χ4v) is 6.84. The number of cyclic esters (lactones) is 1. The summed E-state index contributed by atoms with van der Waals surface area (Å²) in [5, 5.41) is 11.9. The fourth-order valence-electron chi connectivity index (χ4n) is 5.48. The molecule has 2 N–H and O–H groups in total. The van der Waals surface area contributed by atoms with E-state index in [4.69, 9.17) is 17.0 Å². The number of anilines is 3. The summed E-state index contributed by atoms with van der Waals surface area (Å²) in [6, 6.07) is 12.5. The number of rotatable bonds is 9. The third-order valence-electron chi connectivity index (χ3n) is 7.56. The van der Waals surface area contributed by atoms with Gasteiger partial charge in [0.1, 0.15) is 18.5 Å². The highest BCUT2D eigenvalue weighted by molar-refractivity contribution is 8.32. The van der Waals surface area contributed by atoms with Crippen molar-refractivity contribution >= 4 is 68.4 Å². The minimum Gasteiger partial charge on any atom is -0.477 e. The van der Waals surface area contributed by atoms with Crippen LogP contribution in [0.1, 0.15) is 12.5 Å². The molecule has 14 heteroatoms. The first-order chi connectivity index (χ1) is 20.0. The number of carbonyl (C=O) groups is 4. The number of halogens is 1. The Morgan fingerprint density at radius 3 is 2.36 bits per heavy atom. The summed E-state index contributed by atoms with van der Waals surface area (Å²) in [6.07, 6.45) is -1.08. The second-order valence-electron chi connectivity index (χ2n) is 10.6. The number of carboxylic acids is 1. The predicted octanol–water partition coefficient (Wildman–Crippen LogP) is 2.57. The van der Waals surface area contributed by atoms with Crippen molar-refractivity contribution in [3.05, 3.63) is 53.8 Å². The number of amides is 2. The van der Waals surface area contributed by atoms with Gasteiger partial charge in [0.25, 0.3) is 5.12 Å². The Morgan fingerprint density at radius 2 is 1.76 bits per heavy atom. The van der Waals surface area contributed by atoms with E-state index in [9.17, 15) is 24.3 Å². The standard InChI is InChI=1S/C28H30FN5O6S2/c1-18(35)30-13-22-14-33(27(39)40-22)21-6-7-24(23(29)12-21)32-10-8-31(9-11-32)20-4-2-19(3-5-20)15-34(16-25(36)37)17-26(38)42-28(34)41/h2-7,12,22H,8-11,13-17H2,1H3,(H-,30,35,36,37)/p+1. The van der Waals surface area contributed by atoms with Crippen molar-refractivity contribution in [1.29, 1.82) is 0 Å². The van der Waals surface area contributed by atoms with Crippen LogP contribution < -0.4 is 20.0 Å². The second-order valence-corrected chi connectivity index (χ2v) is 12.3. The molecule has 0 bridgehead atoms. The number of ether oxygens (including phenoxy) is 1. The van der Waals surface area contributed by atoms with Gasteiger partial charge in [-0.3, -0.25) is 19.0 Å². The SMILES string of the molecule is CC(=O)NCC1CN(c2ccc(N3CCN(c4ccc(C[N+]5(CC(=O)O)CC(=O)SC5=S)cc4)CC3)c(F)c2)C(=O)O1. The number of thiocarbonyl (C=S) groups is 1. The molecule has 0 radical (unpaired) electrons. The maximum Gasteiger partial charge on any atom is 0.414 e. The lowest BCUT2D eigenvalue weighted by molar-refractivity contribution is -0.831. The summed E-state index contributed by atoms with van der Waals surface area (Å²) in [6.45, 7) is 4.48. The van der Waals surface area contributed by atoms with Crippen molar-refractivity contribution in [3.8, 4) is 0 Å². The highest BCUT2D eigenvalue weighted by Crippen LogP contribution is 2.32. The zero-order chi connectivity index (χ0) is 30.0. The normalized spacial score (nSPS) is 22.5. The average molecular weight is 617 g/mol. The number of carboxylic acid groups (broad SMARTS) is 1. The van der Waals surface area contributed by atoms with Crippen LogP contribution in [-0.4, -0.2) is 95.5 Å². The summed E-state index contributed by atoms with van der Waals surface area (Å²) in [5.41, 5.74) is 2.74. The Kier molecular flexibility index (Phi) is 8.66. The molecular weight excluding hydrogens is 585 g/mol. The molecular formula is C28H31FN5O6S2+. The highest BCUT2D eigenvalue weighted by atomic mass is 32.2. The number of benzene rings is 2. The van der Waals surface area contributed by atoms with Crippen LogP contribution in [0.25, 0.3) is 0 Å². The minimum atomic E-state index is -1.00. The molecule has 3 aliphatic heterocycles. The Balaban J connectivity index is 1.18. The number of carbonyl (C=O) groups excluding carboxylic acids is 3. The number of aliphatic carboxylic acids is 1. The van der Waals surface area contributed by atoms with Crippen LogP contribution in [0.3, 0.4) is 0 Å². The lowest BCUT2D eigenvalue weighted by Crippen LogP contribution is -2.51. The lowest BCUT2D eigenvalue weighted by Gasteiger charge is -2.37. The first-order valence-corrected chi connectivity index (χ1v) is 14.7. The van der Waals surface area contributed by atoms with Crippen LogP contribution in [-0.2, 0) is 25.7 Å². The van der Waals surface area contributed by atoms with E-state index in [1.807, 2.05) is 29.2 Å². The molecule has 2 aromatic rings. The molecule has 0 aromatic heterocycles. The van der Waals surface area contributed by atoms with Gasteiger partial charge in [0.2, 0.25) is 10.2 Å². The summed E-state index contributed by atoms with van der Waals surface area (Å²) < 4.78 is 20.8. The maximum absolute atomic E-state index is 15.2. The van der Waals surface area contributed by atoms with E-state index in [-0.39, 0.29) is 41.7 Å². The van der Waals surface area contributed by atoms with Gasteiger partial charge in [0.05, 0.1) is 24.5 Å². The van der Waals surface area contributed by atoms with Gasteiger partial charge >= 0.3 is 12.1 Å². The van der Waals surface area contributed by atoms with Crippen LogP contribution in [0.2, 0.25) is 0 Å². The van der Waals surface area contributed by atoms with E-state index in [2.05, 4.69) is 10.2 Å². The molecule has 2 atom stereocenters. The van der Waals surface area contributed by atoms with Gasteiger partial charge in [-0.15, -0.1) is 0 Å². The monoisotopic (exact) mass is 616 g/mol. The topological polar surface area (TPSA) is 119 Å². The van der Waals surface area contributed by atoms with Gasteiger partial charge in [-0.1, -0.05) is 12.1 Å².